The molecule has 0 aromatic heterocycles. The normalized spacial score (nSPS) is 17.2. The van der Waals surface area contributed by atoms with Crippen LogP contribution in [0.2, 0.25) is 0 Å². The highest BCUT2D eigenvalue weighted by molar-refractivity contribution is 6.20. The molecule has 2 nitrogen and oxygen atoms in total. The number of halogens is 1. The number of methoxy groups -OCH3 is 2. The summed E-state index contributed by atoms with van der Waals surface area (Å²) in [7, 11) is 3.33. The predicted molar refractivity (Wildman–Crippen MR) is 84.1 cm³/mol. The summed E-state index contributed by atoms with van der Waals surface area (Å²) >= 11 is 6.62. The van der Waals surface area contributed by atoms with E-state index >= 15 is 0 Å². The quantitative estimate of drug-likeness (QED) is 0.666. The zero-order valence-electron chi connectivity index (χ0n) is 12.7. The topological polar surface area (TPSA) is 18.5 Å². The summed E-state index contributed by atoms with van der Waals surface area (Å²) in [6.07, 6.45) is 7.84. The van der Waals surface area contributed by atoms with Gasteiger partial charge in [-0.3, -0.25) is 0 Å². The molecule has 0 aliphatic heterocycles. The summed E-state index contributed by atoms with van der Waals surface area (Å²) in [5.74, 6) is 2.42. The van der Waals surface area contributed by atoms with E-state index in [4.69, 9.17) is 21.1 Å². The second-order valence-electron chi connectivity index (χ2n) is 5.76. The summed E-state index contributed by atoms with van der Waals surface area (Å²) in [4.78, 5) is 0. The second kappa shape index (κ2) is 7.21. The van der Waals surface area contributed by atoms with Gasteiger partial charge in [0.25, 0.3) is 0 Å². The smallest absolute Gasteiger partial charge is 0.161 e. The molecule has 1 aromatic rings. The molecule has 0 bridgehead atoms. The lowest BCUT2D eigenvalue weighted by molar-refractivity contribution is 0.354. The third-order valence-electron chi connectivity index (χ3n) is 4.41. The van der Waals surface area contributed by atoms with Crippen LogP contribution in [0.5, 0.6) is 11.5 Å². The Bertz CT molecular complexity index is 439. The Morgan fingerprint density at radius 2 is 1.75 bits per heavy atom. The van der Waals surface area contributed by atoms with E-state index < -0.39 is 0 Å². The van der Waals surface area contributed by atoms with Crippen LogP contribution in [-0.4, -0.2) is 14.2 Å². The largest absolute Gasteiger partial charge is 0.493 e. The minimum absolute atomic E-state index is 0.0652. The Morgan fingerprint density at radius 1 is 1.15 bits per heavy atom. The van der Waals surface area contributed by atoms with Gasteiger partial charge in [0.15, 0.2) is 11.5 Å². The maximum absolute atomic E-state index is 6.62. The van der Waals surface area contributed by atoms with Crippen molar-refractivity contribution in [2.75, 3.05) is 14.2 Å². The maximum atomic E-state index is 6.62. The first-order chi connectivity index (χ1) is 9.65. The first-order valence-corrected chi connectivity index (χ1v) is 7.96. The Morgan fingerprint density at radius 3 is 2.35 bits per heavy atom. The number of hydrogen-bond donors (Lipinski definition) is 0. The summed E-state index contributed by atoms with van der Waals surface area (Å²) in [6, 6.07) is 4.04. The number of benzene rings is 1. The van der Waals surface area contributed by atoms with Gasteiger partial charge in [-0.2, -0.15) is 0 Å². The standard InChI is InChI=1S/C17H25ClO2/c1-12-10-16(19-2)17(20-3)11-14(12)15(18)9-8-13-6-4-5-7-13/h10-11,13,15H,4-9H2,1-3H3. The lowest BCUT2D eigenvalue weighted by Crippen LogP contribution is -2.01. The minimum atomic E-state index is 0.0652. The van der Waals surface area contributed by atoms with Crippen molar-refractivity contribution in [1.82, 2.24) is 0 Å². The van der Waals surface area contributed by atoms with Crippen molar-refractivity contribution in [3.63, 3.8) is 0 Å². The molecule has 1 atom stereocenters. The molecule has 0 heterocycles. The van der Waals surface area contributed by atoms with Crippen molar-refractivity contribution >= 4 is 11.6 Å². The number of rotatable bonds is 6. The molecule has 0 radical (unpaired) electrons. The molecule has 0 saturated heterocycles. The molecule has 2 rings (SSSR count). The molecule has 1 unspecified atom stereocenters. The summed E-state index contributed by atoms with van der Waals surface area (Å²) in [5.41, 5.74) is 2.34. The molecule has 1 aliphatic rings. The fourth-order valence-corrected chi connectivity index (χ4v) is 3.53. The monoisotopic (exact) mass is 296 g/mol. The molecule has 112 valence electrons. The van der Waals surface area contributed by atoms with Crippen molar-refractivity contribution in [3.8, 4) is 11.5 Å². The Kier molecular flexibility index (Phi) is 5.59. The first kappa shape index (κ1) is 15.5. The average Bonchev–Trinajstić information content (AvgIpc) is 2.97. The molecular formula is C17H25ClO2. The van der Waals surface area contributed by atoms with E-state index in [1.54, 1.807) is 14.2 Å². The van der Waals surface area contributed by atoms with Crippen molar-refractivity contribution in [3.05, 3.63) is 23.3 Å². The van der Waals surface area contributed by atoms with Gasteiger partial charge in [-0.05, 0) is 48.9 Å². The second-order valence-corrected chi connectivity index (χ2v) is 6.29. The fraction of sp³-hybridized carbons (Fsp3) is 0.647. The van der Waals surface area contributed by atoms with Crippen LogP contribution in [0.15, 0.2) is 12.1 Å². The average molecular weight is 297 g/mol. The van der Waals surface area contributed by atoms with Crippen molar-refractivity contribution < 1.29 is 9.47 Å². The third-order valence-corrected chi connectivity index (χ3v) is 4.87. The number of ether oxygens (including phenoxy) is 2. The SMILES string of the molecule is COc1cc(C)c(C(Cl)CCC2CCCC2)cc1OC. The van der Waals surface area contributed by atoms with E-state index in [-0.39, 0.29) is 5.38 Å². The van der Waals surface area contributed by atoms with Gasteiger partial charge < -0.3 is 9.47 Å². The predicted octanol–water partition coefficient (Wildman–Crippen LogP) is 5.26. The van der Waals surface area contributed by atoms with Gasteiger partial charge in [-0.15, -0.1) is 11.6 Å². The zero-order valence-corrected chi connectivity index (χ0v) is 13.5. The van der Waals surface area contributed by atoms with Crippen LogP contribution in [0, 0.1) is 12.8 Å². The van der Waals surface area contributed by atoms with Crippen LogP contribution in [-0.2, 0) is 0 Å². The Hall–Kier alpha value is -0.890. The number of aryl methyl sites for hydroxylation is 1. The van der Waals surface area contributed by atoms with Gasteiger partial charge in [0.2, 0.25) is 0 Å². The molecule has 20 heavy (non-hydrogen) atoms. The van der Waals surface area contributed by atoms with Gasteiger partial charge in [-0.25, -0.2) is 0 Å². The molecule has 3 heteroatoms. The first-order valence-electron chi connectivity index (χ1n) is 7.52. The van der Waals surface area contributed by atoms with Crippen LogP contribution >= 0.6 is 11.6 Å². The lowest BCUT2D eigenvalue weighted by Gasteiger charge is -2.18. The molecule has 1 fully saturated rings. The van der Waals surface area contributed by atoms with E-state index in [1.807, 2.05) is 12.1 Å². The maximum Gasteiger partial charge on any atom is 0.161 e. The molecule has 0 spiro atoms. The van der Waals surface area contributed by atoms with Crippen LogP contribution in [0.25, 0.3) is 0 Å². The highest BCUT2D eigenvalue weighted by Crippen LogP contribution is 2.38. The molecule has 0 amide bonds. The molecule has 1 saturated carbocycles. The Labute approximate surface area is 127 Å². The van der Waals surface area contributed by atoms with Crippen molar-refractivity contribution in [2.45, 2.75) is 50.8 Å². The van der Waals surface area contributed by atoms with Gasteiger partial charge in [-0.1, -0.05) is 25.7 Å². The highest BCUT2D eigenvalue weighted by atomic mass is 35.5. The molecule has 1 aromatic carbocycles. The van der Waals surface area contributed by atoms with Crippen LogP contribution in [0.3, 0.4) is 0 Å². The van der Waals surface area contributed by atoms with Crippen LogP contribution in [0.4, 0.5) is 0 Å². The Balaban J connectivity index is 2.06. The summed E-state index contributed by atoms with van der Waals surface area (Å²) in [5, 5.41) is 0.0652. The van der Waals surface area contributed by atoms with Crippen molar-refractivity contribution in [1.29, 1.82) is 0 Å². The van der Waals surface area contributed by atoms with E-state index in [2.05, 4.69) is 6.92 Å². The van der Waals surface area contributed by atoms with Gasteiger partial charge >= 0.3 is 0 Å². The number of hydrogen-bond acceptors (Lipinski definition) is 2. The van der Waals surface area contributed by atoms with E-state index in [1.165, 1.54) is 43.2 Å². The number of alkyl halides is 1. The van der Waals surface area contributed by atoms with E-state index in [0.717, 1.165) is 23.8 Å². The van der Waals surface area contributed by atoms with Crippen LogP contribution < -0.4 is 9.47 Å². The minimum Gasteiger partial charge on any atom is -0.493 e. The van der Waals surface area contributed by atoms with E-state index in [0.29, 0.717) is 0 Å². The van der Waals surface area contributed by atoms with Crippen molar-refractivity contribution in [2.24, 2.45) is 5.92 Å². The zero-order chi connectivity index (χ0) is 14.5. The highest BCUT2D eigenvalue weighted by Gasteiger charge is 2.19. The fourth-order valence-electron chi connectivity index (χ4n) is 3.17. The van der Waals surface area contributed by atoms with Gasteiger partial charge in [0.05, 0.1) is 19.6 Å². The van der Waals surface area contributed by atoms with Gasteiger partial charge in [0.1, 0.15) is 0 Å². The van der Waals surface area contributed by atoms with Crippen LogP contribution in [0.1, 0.15) is 55.0 Å². The summed E-state index contributed by atoms with van der Waals surface area (Å²) < 4.78 is 10.7. The molecule has 0 N–H and O–H groups in total. The lowest BCUT2D eigenvalue weighted by atomic mass is 9.96. The van der Waals surface area contributed by atoms with Gasteiger partial charge in [0, 0.05) is 0 Å². The molecular weight excluding hydrogens is 272 g/mol. The third kappa shape index (κ3) is 3.60. The molecule has 1 aliphatic carbocycles. The summed E-state index contributed by atoms with van der Waals surface area (Å²) in [6.45, 7) is 2.09. The van der Waals surface area contributed by atoms with E-state index in [9.17, 15) is 0 Å².